The number of nitrogens with zero attached hydrogens (tertiary/aromatic N) is 2. The van der Waals surface area contributed by atoms with E-state index in [2.05, 4.69) is 9.98 Å². The number of benzene rings is 2. The topological polar surface area (TPSA) is 128 Å². The van der Waals surface area contributed by atoms with Crippen LogP contribution in [0.3, 0.4) is 0 Å². The highest BCUT2D eigenvalue weighted by atomic mass is 32.2. The summed E-state index contributed by atoms with van der Waals surface area (Å²) in [7, 11) is -6.30. The minimum Gasteiger partial charge on any atom is -0.497 e. The minimum atomic E-state index is -4.00. The quantitative estimate of drug-likeness (QED) is 0.793. The van der Waals surface area contributed by atoms with E-state index in [-0.39, 0.29) is 5.56 Å². The van der Waals surface area contributed by atoms with Crippen molar-refractivity contribution in [3.8, 4) is 16.9 Å². The van der Waals surface area contributed by atoms with Crippen molar-refractivity contribution in [3.05, 3.63) is 54.1 Å². The molecule has 0 saturated carbocycles. The van der Waals surface area contributed by atoms with Gasteiger partial charge in [0.1, 0.15) is 5.75 Å². The van der Waals surface area contributed by atoms with Crippen molar-refractivity contribution in [1.29, 1.82) is 0 Å². The predicted octanol–water partition coefficient (Wildman–Crippen LogP) is 1.33. The molecule has 2 aromatic rings. The van der Waals surface area contributed by atoms with E-state index in [0.717, 1.165) is 18.1 Å². The van der Waals surface area contributed by atoms with Crippen LogP contribution in [0.1, 0.15) is 5.56 Å². The zero-order valence-electron chi connectivity index (χ0n) is 15.4. The fraction of sp³-hybridized carbons (Fsp3) is 0.222. The minimum absolute atomic E-state index is 0.192. The number of rotatable bonds is 4. The second kappa shape index (κ2) is 6.71. The number of ether oxygens (including phenoxy) is 1. The van der Waals surface area contributed by atoms with Crippen LogP contribution in [0.25, 0.3) is 11.1 Å². The zero-order valence-corrected chi connectivity index (χ0v) is 17.1. The van der Waals surface area contributed by atoms with Gasteiger partial charge in [-0.3, -0.25) is 0 Å². The molecule has 28 heavy (non-hydrogen) atoms. The highest BCUT2D eigenvalue weighted by Crippen LogP contribution is 2.39. The molecule has 0 spiro atoms. The standard InChI is InChI=1S/C18H19N3O5S2/c1-26-15-9-5-7-13(11-15)12-6-4-8-14(10-12)18(28(3,24)25)20-16(19)17(21-18)27(2,22)23/h4-11H,1-3H3,(H2,19,20). The molecular weight excluding hydrogens is 402 g/mol. The summed E-state index contributed by atoms with van der Waals surface area (Å²) in [5, 5.41) is -0.537. The number of methoxy groups -OCH3 is 1. The Morgan fingerprint density at radius 3 is 2.07 bits per heavy atom. The summed E-state index contributed by atoms with van der Waals surface area (Å²) < 4.78 is 54.4. The van der Waals surface area contributed by atoms with Crippen molar-refractivity contribution in [2.45, 2.75) is 4.99 Å². The normalized spacial score (nSPS) is 19.8. The molecule has 0 bridgehead atoms. The summed E-state index contributed by atoms with van der Waals surface area (Å²) in [4.78, 5) is 5.80. The van der Waals surface area contributed by atoms with Crippen LogP contribution in [0, 0.1) is 0 Å². The maximum absolute atomic E-state index is 12.6. The molecule has 1 atom stereocenters. The van der Waals surface area contributed by atoms with Gasteiger partial charge in [0.05, 0.1) is 7.11 Å². The van der Waals surface area contributed by atoms with Gasteiger partial charge >= 0.3 is 0 Å². The maximum atomic E-state index is 12.6. The van der Waals surface area contributed by atoms with E-state index in [4.69, 9.17) is 10.5 Å². The van der Waals surface area contributed by atoms with Gasteiger partial charge in [-0.2, -0.15) is 0 Å². The predicted molar refractivity (Wildman–Crippen MR) is 109 cm³/mol. The Bertz CT molecular complexity index is 1220. The molecule has 2 N–H and O–H groups in total. The Hall–Kier alpha value is -2.72. The third-order valence-corrected chi connectivity index (χ3v) is 6.71. The highest BCUT2D eigenvalue weighted by molar-refractivity contribution is 8.07. The van der Waals surface area contributed by atoms with E-state index in [1.807, 2.05) is 6.07 Å². The van der Waals surface area contributed by atoms with Crippen molar-refractivity contribution in [1.82, 2.24) is 0 Å². The van der Waals surface area contributed by atoms with Crippen molar-refractivity contribution >= 4 is 30.6 Å². The zero-order chi connectivity index (χ0) is 20.7. The van der Waals surface area contributed by atoms with Gasteiger partial charge in [-0.1, -0.05) is 30.3 Å². The lowest BCUT2D eigenvalue weighted by atomic mass is 10.0. The SMILES string of the molecule is COc1cccc(-c2cccc(C3(S(C)(=O)=O)N=C(N)C(S(C)(=O)=O)=N3)c2)c1. The Morgan fingerprint density at radius 1 is 0.929 bits per heavy atom. The molecule has 0 radical (unpaired) electrons. The monoisotopic (exact) mass is 421 g/mol. The van der Waals surface area contributed by atoms with Gasteiger partial charge in [0.2, 0.25) is 0 Å². The van der Waals surface area contributed by atoms with Gasteiger partial charge in [0, 0.05) is 18.1 Å². The fourth-order valence-corrected chi connectivity index (χ4v) is 4.77. The first-order valence-corrected chi connectivity index (χ1v) is 11.9. The summed E-state index contributed by atoms with van der Waals surface area (Å²) in [5.41, 5.74) is 7.39. The second-order valence-electron chi connectivity index (χ2n) is 6.38. The van der Waals surface area contributed by atoms with Crippen molar-refractivity contribution in [2.24, 2.45) is 15.7 Å². The van der Waals surface area contributed by atoms with Crippen LogP contribution in [0.4, 0.5) is 0 Å². The Kier molecular flexibility index (Phi) is 4.80. The number of hydrogen-bond donors (Lipinski definition) is 1. The third kappa shape index (κ3) is 3.40. The Morgan fingerprint density at radius 2 is 1.54 bits per heavy atom. The van der Waals surface area contributed by atoms with E-state index >= 15 is 0 Å². The molecule has 10 heteroatoms. The van der Waals surface area contributed by atoms with Crippen LogP contribution >= 0.6 is 0 Å². The number of hydrogen-bond acceptors (Lipinski definition) is 8. The summed E-state index contributed by atoms with van der Waals surface area (Å²) in [6.45, 7) is 0. The van der Waals surface area contributed by atoms with Crippen LogP contribution in [0.15, 0.2) is 58.5 Å². The smallest absolute Gasteiger partial charge is 0.281 e. The average Bonchev–Trinajstić information content (AvgIpc) is 3.01. The van der Waals surface area contributed by atoms with Crippen LogP contribution in [-0.4, -0.2) is 47.3 Å². The van der Waals surface area contributed by atoms with E-state index < -0.39 is 35.5 Å². The maximum Gasteiger partial charge on any atom is 0.281 e. The van der Waals surface area contributed by atoms with Gasteiger partial charge in [-0.15, -0.1) is 0 Å². The van der Waals surface area contributed by atoms with Crippen molar-refractivity contribution in [3.63, 3.8) is 0 Å². The van der Waals surface area contributed by atoms with Crippen LogP contribution in [0.5, 0.6) is 5.75 Å². The molecule has 0 saturated heterocycles. The van der Waals surface area contributed by atoms with Gasteiger partial charge in [0.15, 0.2) is 30.6 Å². The summed E-state index contributed by atoms with van der Waals surface area (Å²) in [6, 6.07) is 13.8. The molecule has 0 fully saturated rings. The summed E-state index contributed by atoms with van der Waals surface area (Å²) in [6.07, 6.45) is 1.84. The molecule has 1 aliphatic rings. The van der Waals surface area contributed by atoms with E-state index in [0.29, 0.717) is 11.3 Å². The molecule has 3 rings (SSSR count). The van der Waals surface area contributed by atoms with E-state index in [1.54, 1.807) is 43.5 Å². The van der Waals surface area contributed by atoms with Crippen molar-refractivity contribution in [2.75, 3.05) is 19.6 Å². The second-order valence-corrected chi connectivity index (χ2v) is 10.4. The number of nitrogens with two attached hydrogens (primary N) is 1. The molecule has 1 unspecified atom stereocenters. The lowest BCUT2D eigenvalue weighted by Gasteiger charge is -2.22. The molecule has 1 aliphatic heterocycles. The molecule has 148 valence electrons. The van der Waals surface area contributed by atoms with Crippen LogP contribution in [0.2, 0.25) is 0 Å². The third-order valence-electron chi connectivity index (χ3n) is 4.25. The van der Waals surface area contributed by atoms with E-state index in [1.165, 1.54) is 6.07 Å². The molecule has 1 heterocycles. The molecule has 8 nitrogen and oxygen atoms in total. The van der Waals surface area contributed by atoms with Gasteiger partial charge in [0.25, 0.3) is 4.99 Å². The van der Waals surface area contributed by atoms with Crippen LogP contribution in [-0.2, 0) is 24.7 Å². The average molecular weight is 422 g/mol. The molecule has 2 aromatic carbocycles. The fourth-order valence-electron chi connectivity index (χ4n) is 2.92. The molecule has 0 aliphatic carbocycles. The highest BCUT2D eigenvalue weighted by Gasteiger charge is 2.48. The number of aliphatic imine (C=N–C) groups is 2. The molecule has 0 amide bonds. The van der Waals surface area contributed by atoms with Crippen molar-refractivity contribution < 1.29 is 21.6 Å². The first kappa shape index (κ1) is 20.0. The van der Waals surface area contributed by atoms with E-state index in [9.17, 15) is 16.8 Å². The molecular formula is C18H19N3O5S2. The lowest BCUT2D eigenvalue weighted by Crippen LogP contribution is -2.30. The molecule has 0 aromatic heterocycles. The summed E-state index contributed by atoms with van der Waals surface area (Å²) >= 11 is 0. The Balaban J connectivity index is 2.24. The summed E-state index contributed by atoms with van der Waals surface area (Å²) in [5.74, 6) is 0.209. The number of amidine groups is 1. The van der Waals surface area contributed by atoms with Gasteiger partial charge < -0.3 is 10.5 Å². The largest absolute Gasteiger partial charge is 0.497 e. The first-order valence-electron chi connectivity index (χ1n) is 8.08. The first-order chi connectivity index (χ1) is 13.0. The Labute approximate surface area is 163 Å². The van der Waals surface area contributed by atoms with Crippen LogP contribution < -0.4 is 10.5 Å². The lowest BCUT2D eigenvalue weighted by molar-refractivity contribution is 0.415. The van der Waals surface area contributed by atoms with Gasteiger partial charge in [-0.05, 0) is 29.3 Å². The number of sulfone groups is 2. The van der Waals surface area contributed by atoms with Gasteiger partial charge in [-0.25, -0.2) is 26.8 Å².